The fourth-order valence-electron chi connectivity index (χ4n) is 1.71. The summed E-state index contributed by atoms with van der Waals surface area (Å²) in [5.74, 6) is 5.57. The van der Waals surface area contributed by atoms with Crippen LogP contribution in [0.4, 0.5) is 4.39 Å². The summed E-state index contributed by atoms with van der Waals surface area (Å²) in [6, 6.07) is 5.51. The van der Waals surface area contributed by atoms with Gasteiger partial charge in [0.05, 0.1) is 25.3 Å². The Morgan fingerprint density at radius 2 is 1.82 bits per heavy atom. The molecule has 0 saturated heterocycles. The third kappa shape index (κ3) is 3.38. The number of benzene rings is 1. The van der Waals surface area contributed by atoms with E-state index in [1.54, 1.807) is 0 Å². The third-order valence-electron chi connectivity index (χ3n) is 2.81. The molecule has 1 aromatic heterocycles. The number of carbonyl (C=O) groups excluding carboxylic acids is 1. The molecule has 2 aromatic rings. The van der Waals surface area contributed by atoms with Gasteiger partial charge in [-0.1, -0.05) is 11.8 Å². The number of methoxy groups -OCH3 is 2. The van der Waals surface area contributed by atoms with Crippen molar-refractivity contribution in [2.45, 2.75) is 6.92 Å². The average Bonchev–Trinajstić information content (AvgIpc) is 2.52. The van der Waals surface area contributed by atoms with Gasteiger partial charge >= 0.3 is 0 Å². The lowest BCUT2D eigenvalue weighted by Crippen LogP contribution is -2.02. The van der Waals surface area contributed by atoms with Crippen LogP contribution in [0.1, 0.15) is 28.5 Å². The number of rotatable bonds is 3. The first kappa shape index (κ1) is 15.4. The van der Waals surface area contributed by atoms with Crippen LogP contribution in [-0.2, 0) is 0 Å². The summed E-state index contributed by atoms with van der Waals surface area (Å²) >= 11 is 0. The Balaban J connectivity index is 2.49. The maximum absolute atomic E-state index is 13.3. The average molecular weight is 300 g/mol. The van der Waals surface area contributed by atoms with Crippen LogP contribution in [0.5, 0.6) is 11.6 Å². The normalized spacial score (nSPS) is 9.64. The third-order valence-corrected chi connectivity index (χ3v) is 2.81. The van der Waals surface area contributed by atoms with Gasteiger partial charge in [-0.15, -0.1) is 10.2 Å². The Kier molecular flexibility index (Phi) is 4.69. The summed E-state index contributed by atoms with van der Waals surface area (Å²) in [6.07, 6.45) is 0. The fourth-order valence-corrected chi connectivity index (χ4v) is 1.71. The second kappa shape index (κ2) is 6.68. The summed E-state index contributed by atoms with van der Waals surface area (Å²) in [5, 5.41) is 7.53. The van der Waals surface area contributed by atoms with Gasteiger partial charge in [0.15, 0.2) is 5.78 Å². The van der Waals surface area contributed by atoms with E-state index in [4.69, 9.17) is 9.47 Å². The molecule has 0 unspecified atom stereocenters. The molecule has 112 valence electrons. The molecule has 0 radical (unpaired) electrons. The van der Waals surface area contributed by atoms with Crippen LogP contribution in [0, 0.1) is 17.7 Å². The zero-order chi connectivity index (χ0) is 16.1. The Morgan fingerprint density at radius 3 is 2.45 bits per heavy atom. The molecule has 0 N–H and O–H groups in total. The van der Waals surface area contributed by atoms with E-state index in [2.05, 4.69) is 22.0 Å². The predicted molar refractivity (Wildman–Crippen MR) is 77.5 cm³/mol. The highest BCUT2D eigenvalue weighted by Crippen LogP contribution is 2.19. The molecule has 0 aliphatic heterocycles. The van der Waals surface area contributed by atoms with Gasteiger partial charge in [0.1, 0.15) is 17.3 Å². The number of hydrogen-bond donors (Lipinski definition) is 0. The van der Waals surface area contributed by atoms with Crippen molar-refractivity contribution in [1.29, 1.82) is 0 Å². The van der Waals surface area contributed by atoms with Gasteiger partial charge in [0.2, 0.25) is 5.88 Å². The second-order valence-electron chi connectivity index (χ2n) is 4.30. The lowest BCUT2D eigenvalue weighted by molar-refractivity contribution is 0.101. The van der Waals surface area contributed by atoms with E-state index < -0.39 is 5.82 Å². The monoisotopic (exact) mass is 300 g/mol. The van der Waals surface area contributed by atoms with Crippen molar-refractivity contribution in [3.05, 3.63) is 46.9 Å². The second-order valence-corrected chi connectivity index (χ2v) is 4.30. The zero-order valence-corrected chi connectivity index (χ0v) is 12.3. The molecule has 0 saturated carbocycles. The largest absolute Gasteiger partial charge is 0.495 e. The topological polar surface area (TPSA) is 61.3 Å². The minimum atomic E-state index is -0.422. The van der Waals surface area contributed by atoms with E-state index in [9.17, 15) is 9.18 Å². The smallest absolute Gasteiger partial charge is 0.249 e. The van der Waals surface area contributed by atoms with Crippen LogP contribution in [0.25, 0.3) is 0 Å². The first-order chi connectivity index (χ1) is 10.5. The summed E-state index contributed by atoms with van der Waals surface area (Å²) < 4.78 is 23.5. The van der Waals surface area contributed by atoms with Gasteiger partial charge in [0.25, 0.3) is 0 Å². The first-order valence-corrected chi connectivity index (χ1v) is 6.33. The van der Waals surface area contributed by atoms with Crippen molar-refractivity contribution in [3.63, 3.8) is 0 Å². The summed E-state index contributed by atoms with van der Waals surface area (Å²) in [4.78, 5) is 11.4. The van der Waals surface area contributed by atoms with Crippen molar-refractivity contribution in [3.8, 4) is 23.5 Å². The van der Waals surface area contributed by atoms with Gasteiger partial charge in [-0.25, -0.2) is 4.39 Å². The van der Waals surface area contributed by atoms with Crippen molar-refractivity contribution >= 4 is 5.78 Å². The summed E-state index contributed by atoms with van der Waals surface area (Å²) in [6.45, 7) is 1.38. The maximum atomic E-state index is 13.3. The lowest BCUT2D eigenvalue weighted by atomic mass is 10.1. The molecule has 2 rings (SSSR count). The molecule has 0 amide bonds. The van der Waals surface area contributed by atoms with Crippen LogP contribution in [-0.4, -0.2) is 30.2 Å². The standard InChI is InChI=1S/C16H13FN2O3/c1-10(20)14-9-12(16(22-3)19-18-14)5-4-11-8-13(17)6-7-15(11)21-2/h6-9H,1-3H3. The molecule has 6 heteroatoms. The van der Waals surface area contributed by atoms with Gasteiger partial charge in [-0.3, -0.25) is 4.79 Å². The molecule has 0 bridgehead atoms. The molecule has 5 nitrogen and oxygen atoms in total. The van der Waals surface area contributed by atoms with Crippen LogP contribution in [0.3, 0.4) is 0 Å². The van der Waals surface area contributed by atoms with E-state index in [0.717, 1.165) is 0 Å². The van der Waals surface area contributed by atoms with Crippen LogP contribution in [0.2, 0.25) is 0 Å². The van der Waals surface area contributed by atoms with Gasteiger partial charge in [-0.2, -0.15) is 0 Å². The van der Waals surface area contributed by atoms with Crippen molar-refractivity contribution < 1.29 is 18.7 Å². The van der Waals surface area contributed by atoms with E-state index in [-0.39, 0.29) is 17.4 Å². The number of Topliss-reactive ketones (excluding diaryl/α,β-unsaturated/α-hetero) is 1. The molecule has 0 spiro atoms. The van der Waals surface area contributed by atoms with Crippen LogP contribution < -0.4 is 9.47 Å². The fraction of sp³-hybridized carbons (Fsp3) is 0.188. The number of ether oxygens (including phenoxy) is 2. The van der Waals surface area contributed by atoms with Crippen molar-refractivity contribution in [2.75, 3.05) is 14.2 Å². The molecule has 1 aromatic carbocycles. The quantitative estimate of drug-likeness (QED) is 0.642. The molecular weight excluding hydrogens is 287 g/mol. The summed E-state index contributed by atoms with van der Waals surface area (Å²) in [7, 11) is 2.90. The van der Waals surface area contributed by atoms with E-state index in [1.807, 2.05) is 0 Å². The highest BCUT2D eigenvalue weighted by molar-refractivity contribution is 5.92. The molecule has 22 heavy (non-hydrogen) atoms. The number of nitrogens with zero attached hydrogens (tertiary/aromatic N) is 2. The molecule has 1 heterocycles. The van der Waals surface area contributed by atoms with Crippen molar-refractivity contribution in [1.82, 2.24) is 10.2 Å². The van der Waals surface area contributed by atoms with Gasteiger partial charge in [0, 0.05) is 6.92 Å². The molecule has 0 aliphatic rings. The number of hydrogen-bond acceptors (Lipinski definition) is 5. The SMILES string of the molecule is COc1ccc(F)cc1C#Cc1cc(C(C)=O)nnc1OC. The lowest BCUT2D eigenvalue weighted by Gasteiger charge is -2.03. The maximum Gasteiger partial charge on any atom is 0.249 e. The molecule has 0 fully saturated rings. The minimum Gasteiger partial charge on any atom is -0.495 e. The first-order valence-electron chi connectivity index (χ1n) is 6.33. The van der Waals surface area contributed by atoms with Crippen molar-refractivity contribution in [2.24, 2.45) is 0 Å². The Labute approximate surface area is 127 Å². The Hall–Kier alpha value is -2.94. The zero-order valence-electron chi connectivity index (χ0n) is 12.3. The number of ketones is 1. The Morgan fingerprint density at radius 1 is 1.09 bits per heavy atom. The number of aromatic nitrogens is 2. The molecular formula is C16H13FN2O3. The number of halogens is 1. The van der Waals surface area contributed by atoms with E-state index >= 15 is 0 Å². The molecule has 0 aliphatic carbocycles. The predicted octanol–water partition coefficient (Wildman–Crippen LogP) is 2.24. The summed E-state index contributed by atoms with van der Waals surface area (Å²) in [5.41, 5.74) is 0.941. The van der Waals surface area contributed by atoms with Gasteiger partial charge in [-0.05, 0) is 24.3 Å². The highest BCUT2D eigenvalue weighted by Gasteiger charge is 2.09. The Bertz CT molecular complexity index is 779. The van der Waals surface area contributed by atoms with E-state index in [1.165, 1.54) is 45.4 Å². The van der Waals surface area contributed by atoms with E-state index in [0.29, 0.717) is 16.9 Å². The highest BCUT2D eigenvalue weighted by atomic mass is 19.1. The van der Waals surface area contributed by atoms with Crippen LogP contribution >= 0.6 is 0 Å². The minimum absolute atomic E-state index is 0.177. The van der Waals surface area contributed by atoms with Gasteiger partial charge < -0.3 is 9.47 Å². The molecule has 0 atom stereocenters. The number of carbonyl (C=O) groups is 1. The van der Waals surface area contributed by atoms with Crippen LogP contribution in [0.15, 0.2) is 24.3 Å².